The van der Waals surface area contributed by atoms with Gasteiger partial charge < -0.3 is 15.1 Å². The lowest BCUT2D eigenvalue weighted by atomic mass is 10.2. The second-order valence-electron chi connectivity index (χ2n) is 6.70. The van der Waals surface area contributed by atoms with Crippen LogP contribution < -0.4 is 10.6 Å². The number of hydrogen-bond acceptors (Lipinski definition) is 5. The molecule has 0 spiro atoms. The zero-order valence-electron chi connectivity index (χ0n) is 16.3. The molecular weight excluding hydrogens is 473 g/mol. The summed E-state index contributed by atoms with van der Waals surface area (Å²) < 4.78 is 5.92. The molecule has 3 heterocycles. The maximum atomic E-state index is 5.92. The van der Waals surface area contributed by atoms with Crippen molar-refractivity contribution >= 4 is 41.3 Å². The number of hydrogen-bond donors (Lipinski definition) is 2. The predicted octanol–water partition coefficient (Wildman–Crippen LogP) is 3.52. The van der Waals surface area contributed by atoms with E-state index in [-0.39, 0.29) is 30.0 Å². The van der Waals surface area contributed by atoms with Crippen LogP contribution in [0.5, 0.6) is 0 Å². The van der Waals surface area contributed by atoms with Gasteiger partial charge in [-0.05, 0) is 51.9 Å². The Morgan fingerprint density at radius 1 is 1.30 bits per heavy atom. The normalized spacial score (nSPS) is 16.2. The molecule has 0 bridgehead atoms. The highest BCUT2D eigenvalue weighted by Gasteiger charge is 2.26. The number of rotatable bonds is 7. The van der Waals surface area contributed by atoms with Crippen LogP contribution in [-0.4, -0.2) is 49.1 Å². The second-order valence-corrected chi connectivity index (χ2v) is 8.02. The minimum atomic E-state index is 0. The molecule has 6 nitrogen and oxygen atoms in total. The van der Waals surface area contributed by atoms with Gasteiger partial charge in [-0.15, -0.1) is 35.3 Å². The van der Waals surface area contributed by atoms with E-state index < -0.39 is 0 Å². The fourth-order valence-electron chi connectivity index (χ4n) is 3.31. The van der Waals surface area contributed by atoms with Gasteiger partial charge in [-0.1, -0.05) is 0 Å². The Morgan fingerprint density at radius 2 is 2.07 bits per heavy atom. The summed E-state index contributed by atoms with van der Waals surface area (Å²) >= 11 is 1.75. The smallest absolute Gasteiger partial charge is 0.191 e. The SMILES string of the molecule is CN=C(NCCc1ncc(C)s1)NCC(c1ccc(C)o1)N1CCCC1.I. The van der Waals surface area contributed by atoms with Gasteiger partial charge in [0.2, 0.25) is 0 Å². The molecule has 150 valence electrons. The Morgan fingerprint density at radius 3 is 2.67 bits per heavy atom. The van der Waals surface area contributed by atoms with Gasteiger partial charge in [0.15, 0.2) is 5.96 Å². The minimum Gasteiger partial charge on any atom is -0.465 e. The van der Waals surface area contributed by atoms with Crippen LogP contribution in [0.4, 0.5) is 0 Å². The van der Waals surface area contributed by atoms with E-state index >= 15 is 0 Å². The van der Waals surface area contributed by atoms with Crippen LogP contribution in [0.3, 0.4) is 0 Å². The fourth-order valence-corrected chi connectivity index (χ4v) is 4.10. The zero-order chi connectivity index (χ0) is 18.4. The number of nitrogens with zero attached hydrogens (tertiary/aromatic N) is 3. The Bertz CT molecular complexity index is 723. The largest absolute Gasteiger partial charge is 0.465 e. The summed E-state index contributed by atoms with van der Waals surface area (Å²) in [6.45, 7) is 7.94. The maximum absolute atomic E-state index is 5.92. The van der Waals surface area contributed by atoms with Crippen LogP contribution in [-0.2, 0) is 6.42 Å². The number of aliphatic imine (C=N–C) groups is 1. The van der Waals surface area contributed by atoms with Crippen molar-refractivity contribution < 1.29 is 4.42 Å². The van der Waals surface area contributed by atoms with Crippen LogP contribution in [0.2, 0.25) is 0 Å². The zero-order valence-corrected chi connectivity index (χ0v) is 19.5. The van der Waals surface area contributed by atoms with Gasteiger partial charge in [-0.25, -0.2) is 4.98 Å². The molecular formula is C19H30IN5OS. The molecule has 0 saturated carbocycles. The van der Waals surface area contributed by atoms with E-state index in [0.29, 0.717) is 0 Å². The van der Waals surface area contributed by atoms with Crippen molar-refractivity contribution in [2.45, 2.75) is 39.2 Å². The topological polar surface area (TPSA) is 65.7 Å². The Kier molecular flexibility index (Phi) is 9.04. The first-order valence-electron chi connectivity index (χ1n) is 9.32. The summed E-state index contributed by atoms with van der Waals surface area (Å²) in [4.78, 5) is 12.5. The lowest BCUT2D eigenvalue weighted by Crippen LogP contribution is -2.43. The van der Waals surface area contributed by atoms with E-state index in [9.17, 15) is 0 Å². The number of guanidine groups is 1. The molecule has 1 atom stereocenters. The molecule has 2 aromatic rings. The number of aromatic nitrogens is 1. The Hall–Kier alpha value is -1.13. The van der Waals surface area contributed by atoms with Crippen LogP contribution in [0.25, 0.3) is 0 Å². The van der Waals surface area contributed by atoms with Gasteiger partial charge in [0.05, 0.1) is 11.0 Å². The van der Waals surface area contributed by atoms with E-state index in [2.05, 4.69) is 38.5 Å². The maximum Gasteiger partial charge on any atom is 0.191 e. The van der Waals surface area contributed by atoms with Crippen molar-refractivity contribution in [2.24, 2.45) is 4.99 Å². The summed E-state index contributed by atoms with van der Waals surface area (Å²) in [6, 6.07) is 4.38. The van der Waals surface area contributed by atoms with Crippen LogP contribution in [0.15, 0.2) is 27.7 Å². The van der Waals surface area contributed by atoms with Gasteiger partial charge in [-0.2, -0.15) is 0 Å². The van der Waals surface area contributed by atoms with Gasteiger partial charge in [0, 0.05) is 37.6 Å². The third-order valence-corrected chi connectivity index (χ3v) is 5.63. The van der Waals surface area contributed by atoms with Crippen molar-refractivity contribution in [3.05, 3.63) is 39.7 Å². The second kappa shape index (κ2) is 11.0. The number of aryl methyl sites for hydroxylation is 2. The summed E-state index contributed by atoms with van der Waals surface area (Å²) in [5.41, 5.74) is 0. The predicted molar refractivity (Wildman–Crippen MR) is 122 cm³/mol. The van der Waals surface area contributed by atoms with Gasteiger partial charge in [-0.3, -0.25) is 9.89 Å². The highest BCUT2D eigenvalue weighted by molar-refractivity contribution is 14.0. The van der Waals surface area contributed by atoms with Crippen LogP contribution in [0.1, 0.15) is 40.3 Å². The average molecular weight is 503 g/mol. The van der Waals surface area contributed by atoms with E-state index in [4.69, 9.17) is 4.42 Å². The monoisotopic (exact) mass is 503 g/mol. The molecule has 0 radical (unpaired) electrons. The molecule has 1 aliphatic rings. The number of likely N-dealkylation sites (tertiary alicyclic amines) is 1. The van der Waals surface area contributed by atoms with Crippen LogP contribution >= 0.6 is 35.3 Å². The summed E-state index contributed by atoms with van der Waals surface area (Å²) in [7, 11) is 1.81. The first-order chi connectivity index (χ1) is 12.7. The highest BCUT2D eigenvalue weighted by atomic mass is 127. The molecule has 0 aliphatic carbocycles. The molecule has 1 aliphatic heterocycles. The lowest BCUT2D eigenvalue weighted by Gasteiger charge is -2.26. The summed E-state index contributed by atoms with van der Waals surface area (Å²) in [6.07, 6.45) is 5.36. The molecule has 0 aromatic carbocycles. The van der Waals surface area contributed by atoms with Gasteiger partial charge in [0.1, 0.15) is 11.5 Å². The molecule has 27 heavy (non-hydrogen) atoms. The molecule has 1 fully saturated rings. The van der Waals surface area contributed by atoms with E-state index in [1.807, 2.05) is 26.2 Å². The molecule has 0 amide bonds. The number of nitrogens with one attached hydrogen (secondary N) is 2. The first kappa shape index (κ1) is 22.2. The molecule has 1 unspecified atom stereocenters. The van der Waals surface area contributed by atoms with Crippen molar-refractivity contribution in [1.82, 2.24) is 20.5 Å². The average Bonchev–Trinajstić information content (AvgIpc) is 3.37. The van der Waals surface area contributed by atoms with Crippen molar-refractivity contribution in [1.29, 1.82) is 0 Å². The van der Waals surface area contributed by atoms with E-state index in [1.165, 1.54) is 17.7 Å². The van der Waals surface area contributed by atoms with Gasteiger partial charge in [0.25, 0.3) is 0 Å². The number of furan rings is 1. The minimum absolute atomic E-state index is 0. The summed E-state index contributed by atoms with van der Waals surface area (Å²) in [5, 5.41) is 8.01. The molecule has 2 N–H and O–H groups in total. The number of halogens is 1. The standard InChI is InChI=1S/C19H29N5OS.HI/c1-14-6-7-17(25-14)16(24-10-4-5-11-24)13-23-19(20-3)21-9-8-18-22-12-15(2)26-18;/h6-7,12,16H,4-5,8-11,13H2,1-3H3,(H2,20,21,23);1H. The summed E-state index contributed by atoms with van der Waals surface area (Å²) in [5.74, 6) is 2.82. The van der Waals surface area contributed by atoms with Crippen molar-refractivity contribution in [3.63, 3.8) is 0 Å². The molecule has 3 rings (SSSR count). The van der Waals surface area contributed by atoms with Crippen molar-refractivity contribution in [3.8, 4) is 0 Å². The highest BCUT2D eigenvalue weighted by Crippen LogP contribution is 2.26. The molecule has 8 heteroatoms. The first-order valence-corrected chi connectivity index (χ1v) is 10.1. The van der Waals surface area contributed by atoms with E-state index in [1.54, 1.807) is 11.3 Å². The quantitative estimate of drug-likeness (QED) is 0.344. The van der Waals surface area contributed by atoms with Crippen LogP contribution in [0, 0.1) is 13.8 Å². The molecule has 2 aromatic heterocycles. The molecule has 1 saturated heterocycles. The van der Waals surface area contributed by atoms with Gasteiger partial charge >= 0.3 is 0 Å². The van der Waals surface area contributed by atoms with E-state index in [0.717, 1.165) is 55.1 Å². The lowest BCUT2D eigenvalue weighted by molar-refractivity contribution is 0.213. The Balaban J connectivity index is 0.00000261. The third-order valence-electron chi connectivity index (χ3n) is 4.66. The van der Waals surface area contributed by atoms with Crippen molar-refractivity contribution in [2.75, 3.05) is 33.2 Å². The number of thiazole rings is 1. The fraction of sp³-hybridized carbons (Fsp3) is 0.579. The Labute approximate surface area is 182 Å². The third kappa shape index (κ3) is 6.46.